The molecule has 0 saturated carbocycles. The quantitative estimate of drug-likeness (QED) is 0.158. The second-order valence-corrected chi connectivity index (χ2v) is 14.4. The van der Waals surface area contributed by atoms with Crippen LogP contribution in [0.2, 0.25) is 0 Å². The van der Waals surface area contributed by atoms with E-state index in [1.807, 2.05) is 11.3 Å². The molecule has 1 heterocycles. The van der Waals surface area contributed by atoms with Crippen molar-refractivity contribution in [3.8, 4) is 33.4 Å². The maximum Gasteiger partial charge on any atom is 0.0473 e. The first kappa shape index (κ1) is 30.4. The molecule has 0 bridgehead atoms. The Morgan fingerprint density at radius 1 is 0.308 bits per heavy atom. The number of hydrogen-bond acceptors (Lipinski definition) is 2. The average Bonchev–Trinajstić information content (AvgIpc) is 3.61. The lowest BCUT2D eigenvalue weighted by Gasteiger charge is -2.27. The van der Waals surface area contributed by atoms with Gasteiger partial charge in [-0.3, -0.25) is 0 Å². The fourth-order valence-corrected chi connectivity index (χ4v) is 9.13. The first-order chi connectivity index (χ1) is 25.8. The molecule has 0 atom stereocenters. The van der Waals surface area contributed by atoms with Crippen molar-refractivity contribution < 1.29 is 0 Å². The van der Waals surface area contributed by atoms with Crippen molar-refractivity contribution in [3.05, 3.63) is 200 Å². The Kier molecular flexibility index (Phi) is 7.41. The lowest BCUT2D eigenvalue weighted by Crippen LogP contribution is -2.10. The van der Waals surface area contributed by atoms with E-state index in [4.69, 9.17) is 0 Å². The van der Waals surface area contributed by atoms with E-state index in [2.05, 4.69) is 205 Å². The number of anilines is 3. The first-order valence-corrected chi connectivity index (χ1v) is 18.6. The molecule has 244 valence electrons. The summed E-state index contributed by atoms with van der Waals surface area (Å²) >= 11 is 1.92. The van der Waals surface area contributed by atoms with Crippen molar-refractivity contribution in [2.24, 2.45) is 0 Å². The monoisotopic (exact) mass is 679 g/mol. The van der Waals surface area contributed by atoms with E-state index in [0.717, 1.165) is 17.1 Å². The summed E-state index contributed by atoms with van der Waals surface area (Å²) in [5.74, 6) is 0. The minimum Gasteiger partial charge on any atom is -0.310 e. The van der Waals surface area contributed by atoms with Crippen LogP contribution < -0.4 is 4.90 Å². The molecule has 2 heteroatoms. The molecule has 1 nitrogen and oxygen atoms in total. The van der Waals surface area contributed by atoms with Crippen molar-refractivity contribution in [2.75, 3.05) is 4.90 Å². The zero-order valence-corrected chi connectivity index (χ0v) is 29.2. The molecule has 10 rings (SSSR count). The van der Waals surface area contributed by atoms with E-state index < -0.39 is 0 Å². The molecule has 0 fully saturated rings. The Hall–Kier alpha value is -6.48. The van der Waals surface area contributed by atoms with Crippen molar-refractivity contribution in [2.45, 2.75) is 0 Å². The topological polar surface area (TPSA) is 3.24 Å². The maximum atomic E-state index is 2.37. The Labute approximate surface area is 307 Å². The van der Waals surface area contributed by atoms with E-state index in [1.54, 1.807) is 0 Å². The van der Waals surface area contributed by atoms with E-state index in [1.165, 1.54) is 75.1 Å². The summed E-state index contributed by atoms with van der Waals surface area (Å²) in [5, 5.41) is 7.87. The van der Waals surface area contributed by atoms with E-state index in [-0.39, 0.29) is 0 Å². The molecule has 0 aliphatic rings. The molecule has 0 saturated heterocycles. The van der Waals surface area contributed by atoms with Crippen LogP contribution >= 0.6 is 11.3 Å². The SMILES string of the molecule is c1ccc(-c2cc(-c3ccccc3)cc(N(c3ccccc3)c3ccc(-c4cccc5c4sc4c5ccc5ccc6ccccc6c54)cc3)c2)cc1. The van der Waals surface area contributed by atoms with Gasteiger partial charge in [0.2, 0.25) is 0 Å². The van der Waals surface area contributed by atoms with E-state index >= 15 is 0 Å². The molecule has 0 spiro atoms. The van der Waals surface area contributed by atoms with Crippen molar-refractivity contribution in [3.63, 3.8) is 0 Å². The smallest absolute Gasteiger partial charge is 0.0473 e. The summed E-state index contributed by atoms with van der Waals surface area (Å²) in [7, 11) is 0. The van der Waals surface area contributed by atoms with Gasteiger partial charge >= 0.3 is 0 Å². The lowest BCUT2D eigenvalue weighted by atomic mass is 9.97. The minimum absolute atomic E-state index is 1.11. The number of para-hydroxylation sites is 1. The summed E-state index contributed by atoms with van der Waals surface area (Å²) in [5.41, 5.74) is 10.6. The van der Waals surface area contributed by atoms with Gasteiger partial charge in [0.25, 0.3) is 0 Å². The van der Waals surface area contributed by atoms with Crippen LogP contribution in [0.25, 0.3) is 75.1 Å². The van der Waals surface area contributed by atoms with Crippen LogP contribution in [-0.4, -0.2) is 0 Å². The third kappa shape index (κ3) is 5.24. The number of benzene rings is 9. The van der Waals surface area contributed by atoms with Gasteiger partial charge in [-0.2, -0.15) is 0 Å². The summed E-state index contributed by atoms with van der Waals surface area (Å²) in [4.78, 5) is 2.37. The van der Waals surface area contributed by atoms with Gasteiger partial charge in [0.05, 0.1) is 0 Å². The van der Waals surface area contributed by atoms with Crippen LogP contribution in [0, 0.1) is 0 Å². The van der Waals surface area contributed by atoms with Gasteiger partial charge in [-0.15, -0.1) is 11.3 Å². The molecule has 0 amide bonds. The van der Waals surface area contributed by atoms with Crippen LogP contribution in [0.5, 0.6) is 0 Å². The van der Waals surface area contributed by atoms with Gasteiger partial charge < -0.3 is 4.90 Å². The third-order valence-electron chi connectivity index (χ3n) is 10.2. The van der Waals surface area contributed by atoms with E-state index in [9.17, 15) is 0 Å². The predicted molar refractivity (Wildman–Crippen MR) is 225 cm³/mol. The predicted octanol–water partition coefficient (Wildman–Crippen LogP) is 14.8. The molecule has 0 aliphatic carbocycles. The highest BCUT2D eigenvalue weighted by Crippen LogP contribution is 2.45. The Balaban J connectivity index is 1.12. The minimum atomic E-state index is 1.11. The van der Waals surface area contributed by atoms with Gasteiger partial charge in [0.15, 0.2) is 0 Å². The number of hydrogen-bond donors (Lipinski definition) is 0. The third-order valence-corrected chi connectivity index (χ3v) is 11.5. The summed E-state index contributed by atoms with van der Waals surface area (Å²) < 4.78 is 2.69. The van der Waals surface area contributed by atoms with Gasteiger partial charge in [-0.25, -0.2) is 0 Å². The van der Waals surface area contributed by atoms with Crippen molar-refractivity contribution in [1.82, 2.24) is 0 Å². The van der Waals surface area contributed by atoms with Crippen molar-refractivity contribution in [1.29, 1.82) is 0 Å². The van der Waals surface area contributed by atoms with Gasteiger partial charge in [-0.1, -0.05) is 158 Å². The van der Waals surface area contributed by atoms with Crippen molar-refractivity contribution >= 4 is 70.1 Å². The number of rotatable bonds is 6. The highest BCUT2D eigenvalue weighted by molar-refractivity contribution is 7.27. The second-order valence-electron chi connectivity index (χ2n) is 13.3. The molecule has 0 unspecified atom stereocenters. The zero-order valence-electron chi connectivity index (χ0n) is 28.4. The fourth-order valence-electron chi connectivity index (χ4n) is 7.72. The molecule has 9 aromatic carbocycles. The number of nitrogens with zero attached hydrogens (tertiary/aromatic N) is 1. The van der Waals surface area contributed by atoms with E-state index in [0.29, 0.717) is 0 Å². The molecule has 52 heavy (non-hydrogen) atoms. The Morgan fingerprint density at radius 2 is 0.865 bits per heavy atom. The zero-order chi connectivity index (χ0) is 34.4. The maximum absolute atomic E-state index is 2.37. The Morgan fingerprint density at radius 3 is 1.58 bits per heavy atom. The Bertz CT molecular complexity index is 2820. The molecular formula is C50H33NS. The standard InChI is InChI=1S/C50H33NS/c1-4-13-34(14-5-1)39-31-40(35-15-6-2-7-16-35)33-43(32-39)51(41-18-8-3-9-19-41)42-28-25-37(26-29-42)45-21-12-22-46-47-30-27-38-24-23-36-17-10-11-20-44(36)48(38)50(47)52-49(45)46/h1-33H. The van der Waals surface area contributed by atoms with Crippen LogP contribution in [0.3, 0.4) is 0 Å². The van der Waals surface area contributed by atoms with Crippen LogP contribution in [0.1, 0.15) is 0 Å². The molecule has 0 N–H and O–H groups in total. The largest absolute Gasteiger partial charge is 0.310 e. The fraction of sp³-hybridized carbons (Fsp3) is 0. The normalized spacial score (nSPS) is 11.5. The van der Waals surface area contributed by atoms with Crippen LogP contribution in [-0.2, 0) is 0 Å². The molecule has 10 aromatic rings. The van der Waals surface area contributed by atoms with Gasteiger partial charge in [-0.05, 0) is 92.0 Å². The van der Waals surface area contributed by atoms with Gasteiger partial charge in [0, 0.05) is 42.6 Å². The number of thiophene rings is 1. The number of fused-ring (bicyclic) bond motifs is 7. The summed E-state index contributed by atoms with van der Waals surface area (Å²) in [6, 6.07) is 72.7. The molecule has 0 radical (unpaired) electrons. The average molecular weight is 680 g/mol. The first-order valence-electron chi connectivity index (χ1n) is 17.8. The summed E-state index contributed by atoms with van der Waals surface area (Å²) in [6.45, 7) is 0. The second kappa shape index (κ2) is 12.7. The van der Waals surface area contributed by atoms with Crippen LogP contribution in [0.15, 0.2) is 200 Å². The molecule has 1 aromatic heterocycles. The highest BCUT2D eigenvalue weighted by atomic mass is 32.1. The summed E-state index contributed by atoms with van der Waals surface area (Å²) in [6.07, 6.45) is 0. The highest BCUT2D eigenvalue weighted by Gasteiger charge is 2.18. The molecular weight excluding hydrogens is 647 g/mol. The lowest BCUT2D eigenvalue weighted by molar-refractivity contribution is 1.28. The van der Waals surface area contributed by atoms with Crippen LogP contribution in [0.4, 0.5) is 17.1 Å². The van der Waals surface area contributed by atoms with Gasteiger partial charge in [0.1, 0.15) is 0 Å². The molecule has 0 aliphatic heterocycles.